The standard InChI is InChI=1S/C13H26N4O2S2/c1-5-12(11-20-4)16(3)21(18,19)13-9-15-17(10-13)8-6-7-14-2/h9-10,12,14H,5-8,11H2,1-4H3. The molecule has 1 aromatic heterocycles. The molecule has 8 heteroatoms. The van der Waals surface area contributed by atoms with Crippen molar-refractivity contribution < 1.29 is 8.42 Å². The minimum atomic E-state index is -3.46. The molecule has 0 aliphatic heterocycles. The lowest BCUT2D eigenvalue weighted by Gasteiger charge is -2.25. The van der Waals surface area contributed by atoms with E-state index in [1.54, 1.807) is 29.7 Å². The quantitative estimate of drug-likeness (QED) is 0.652. The highest BCUT2D eigenvalue weighted by molar-refractivity contribution is 7.98. The van der Waals surface area contributed by atoms with Gasteiger partial charge in [-0.1, -0.05) is 6.92 Å². The number of aromatic nitrogens is 2. The molecule has 1 rings (SSSR count). The zero-order valence-corrected chi connectivity index (χ0v) is 14.9. The van der Waals surface area contributed by atoms with Gasteiger partial charge in [0.05, 0.1) is 6.20 Å². The lowest BCUT2D eigenvalue weighted by molar-refractivity contribution is 0.385. The molecule has 122 valence electrons. The van der Waals surface area contributed by atoms with Crippen LogP contribution in [-0.4, -0.2) is 61.2 Å². The molecule has 0 bridgehead atoms. The van der Waals surface area contributed by atoms with E-state index in [2.05, 4.69) is 10.4 Å². The summed E-state index contributed by atoms with van der Waals surface area (Å²) in [4.78, 5) is 0.272. The maximum atomic E-state index is 12.6. The van der Waals surface area contributed by atoms with E-state index in [4.69, 9.17) is 0 Å². The van der Waals surface area contributed by atoms with Crippen molar-refractivity contribution in [3.05, 3.63) is 12.4 Å². The molecule has 0 fully saturated rings. The molecule has 1 aromatic rings. The van der Waals surface area contributed by atoms with Crippen LogP contribution in [0.1, 0.15) is 19.8 Å². The van der Waals surface area contributed by atoms with Gasteiger partial charge in [-0.2, -0.15) is 21.2 Å². The highest BCUT2D eigenvalue weighted by atomic mass is 32.2. The van der Waals surface area contributed by atoms with Crippen molar-refractivity contribution in [1.29, 1.82) is 0 Å². The predicted octanol–water partition coefficient (Wildman–Crippen LogP) is 1.25. The third-order valence-corrected chi connectivity index (χ3v) is 6.03. The third kappa shape index (κ3) is 4.98. The Hall–Kier alpha value is -0.570. The highest BCUT2D eigenvalue weighted by Gasteiger charge is 2.27. The van der Waals surface area contributed by atoms with E-state index in [0.29, 0.717) is 6.54 Å². The summed E-state index contributed by atoms with van der Waals surface area (Å²) in [5, 5.41) is 7.21. The number of thioether (sulfide) groups is 1. The van der Waals surface area contributed by atoms with Gasteiger partial charge >= 0.3 is 0 Å². The van der Waals surface area contributed by atoms with Crippen LogP contribution in [0.4, 0.5) is 0 Å². The van der Waals surface area contributed by atoms with Crippen molar-refractivity contribution >= 4 is 21.8 Å². The SMILES string of the molecule is CCC(CSC)N(C)S(=O)(=O)c1cnn(CCCNC)c1. The summed E-state index contributed by atoms with van der Waals surface area (Å²) in [5.41, 5.74) is 0. The Bertz CT molecular complexity index is 516. The number of nitrogens with one attached hydrogen (secondary N) is 1. The van der Waals surface area contributed by atoms with Crippen molar-refractivity contribution in [2.45, 2.75) is 37.2 Å². The van der Waals surface area contributed by atoms with Gasteiger partial charge in [0.1, 0.15) is 4.90 Å². The van der Waals surface area contributed by atoms with Crippen molar-refractivity contribution in [2.24, 2.45) is 0 Å². The van der Waals surface area contributed by atoms with Crippen molar-refractivity contribution in [2.75, 3.05) is 32.6 Å². The maximum Gasteiger partial charge on any atom is 0.246 e. The van der Waals surface area contributed by atoms with Crippen LogP contribution in [0, 0.1) is 0 Å². The van der Waals surface area contributed by atoms with Crippen LogP contribution >= 0.6 is 11.8 Å². The molecule has 6 nitrogen and oxygen atoms in total. The number of hydrogen-bond donors (Lipinski definition) is 1. The molecule has 0 spiro atoms. The second-order valence-electron chi connectivity index (χ2n) is 4.93. The highest BCUT2D eigenvalue weighted by Crippen LogP contribution is 2.19. The molecule has 1 unspecified atom stereocenters. The van der Waals surface area contributed by atoms with Crippen LogP contribution in [-0.2, 0) is 16.6 Å². The summed E-state index contributed by atoms with van der Waals surface area (Å²) in [5.74, 6) is 0.794. The Balaban J connectivity index is 2.82. The summed E-state index contributed by atoms with van der Waals surface area (Å²) in [7, 11) is 0.0831. The van der Waals surface area contributed by atoms with E-state index in [-0.39, 0.29) is 10.9 Å². The van der Waals surface area contributed by atoms with Crippen molar-refractivity contribution in [3.8, 4) is 0 Å². The van der Waals surface area contributed by atoms with Crippen LogP contribution in [0.25, 0.3) is 0 Å². The monoisotopic (exact) mass is 334 g/mol. The summed E-state index contributed by atoms with van der Waals surface area (Å²) in [6, 6.07) is 0.0117. The van der Waals surface area contributed by atoms with Crippen molar-refractivity contribution in [1.82, 2.24) is 19.4 Å². The molecule has 0 aliphatic rings. The van der Waals surface area contributed by atoms with E-state index < -0.39 is 10.0 Å². The first-order valence-corrected chi connectivity index (χ1v) is 9.94. The van der Waals surface area contributed by atoms with Crippen LogP contribution in [0.3, 0.4) is 0 Å². The smallest absolute Gasteiger partial charge is 0.246 e. The van der Waals surface area contributed by atoms with Crippen LogP contribution in [0.15, 0.2) is 17.3 Å². The van der Waals surface area contributed by atoms with E-state index in [0.717, 1.165) is 25.1 Å². The molecule has 1 N–H and O–H groups in total. The van der Waals surface area contributed by atoms with Gasteiger partial charge in [0.2, 0.25) is 10.0 Å². The first kappa shape index (κ1) is 18.5. The fourth-order valence-corrected chi connectivity index (χ4v) is 4.38. The average molecular weight is 335 g/mol. The van der Waals surface area contributed by atoms with E-state index >= 15 is 0 Å². The molecular weight excluding hydrogens is 308 g/mol. The molecule has 21 heavy (non-hydrogen) atoms. The summed E-state index contributed by atoms with van der Waals surface area (Å²) >= 11 is 1.66. The summed E-state index contributed by atoms with van der Waals surface area (Å²) < 4.78 is 28.4. The Kier molecular flexibility index (Phi) is 7.72. The molecule has 0 saturated carbocycles. The van der Waals surface area contributed by atoms with E-state index in [9.17, 15) is 8.42 Å². The summed E-state index contributed by atoms with van der Waals surface area (Å²) in [6.07, 6.45) is 6.76. The molecule has 1 heterocycles. The zero-order chi connectivity index (χ0) is 15.9. The van der Waals surface area contributed by atoms with Crippen LogP contribution in [0.5, 0.6) is 0 Å². The minimum absolute atomic E-state index is 0.0117. The second kappa shape index (κ2) is 8.77. The van der Waals surface area contributed by atoms with Gasteiger partial charge in [0.15, 0.2) is 0 Å². The fourth-order valence-electron chi connectivity index (χ4n) is 2.05. The summed E-state index contributed by atoms with van der Waals surface area (Å²) in [6.45, 7) is 3.60. The zero-order valence-electron chi connectivity index (χ0n) is 13.2. The van der Waals surface area contributed by atoms with Crippen LogP contribution < -0.4 is 5.32 Å². The molecule has 0 aliphatic carbocycles. The maximum absolute atomic E-state index is 12.6. The number of nitrogens with zero attached hydrogens (tertiary/aromatic N) is 3. The van der Waals surface area contributed by atoms with Gasteiger partial charge in [0.25, 0.3) is 0 Å². The molecule has 1 atom stereocenters. The molecule has 0 aromatic carbocycles. The van der Waals surface area contributed by atoms with Crippen LogP contribution in [0.2, 0.25) is 0 Å². The Labute approximate surface area is 132 Å². The Morgan fingerprint density at radius 1 is 1.52 bits per heavy atom. The molecule has 0 saturated heterocycles. The lowest BCUT2D eigenvalue weighted by atomic mass is 10.3. The fraction of sp³-hybridized carbons (Fsp3) is 0.769. The average Bonchev–Trinajstić information content (AvgIpc) is 2.94. The number of aryl methyl sites for hydroxylation is 1. The third-order valence-electron chi connectivity index (χ3n) is 3.45. The van der Waals surface area contributed by atoms with E-state index in [1.165, 1.54) is 10.5 Å². The Morgan fingerprint density at radius 2 is 2.24 bits per heavy atom. The number of hydrogen-bond acceptors (Lipinski definition) is 5. The van der Waals surface area contributed by atoms with Crippen molar-refractivity contribution in [3.63, 3.8) is 0 Å². The van der Waals surface area contributed by atoms with Gasteiger partial charge in [-0.3, -0.25) is 4.68 Å². The molecule has 0 radical (unpaired) electrons. The number of sulfonamides is 1. The Morgan fingerprint density at radius 3 is 2.81 bits per heavy atom. The first-order chi connectivity index (χ1) is 9.97. The lowest BCUT2D eigenvalue weighted by Crippen LogP contribution is -2.38. The normalized spacial score (nSPS) is 13.8. The second-order valence-corrected chi connectivity index (χ2v) is 7.84. The number of rotatable bonds is 10. The van der Waals surface area contributed by atoms with Gasteiger partial charge < -0.3 is 5.32 Å². The molecular formula is C13H26N4O2S2. The predicted molar refractivity (Wildman–Crippen MR) is 88.2 cm³/mol. The first-order valence-electron chi connectivity index (χ1n) is 7.11. The van der Waals surface area contributed by atoms with Gasteiger partial charge in [0, 0.05) is 31.6 Å². The van der Waals surface area contributed by atoms with Gasteiger partial charge in [-0.25, -0.2) is 8.42 Å². The van der Waals surface area contributed by atoms with Gasteiger partial charge in [-0.15, -0.1) is 0 Å². The van der Waals surface area contributed by atoms with E-state index in [1.807, 2.05) is 20.2 Å². The minimum Gasteiger partial charge on any atom is -0.320 e. The molecule has 0 amide bonds. The van der Waals surface area contributed by atoms with Gasteiger partial charge in [-0.05, 0) is 32.7 Å². The largest absolute Gasteiger partial charge is 0.320 e. The topological polar surface area (TPSA) is 67.2 Å².